The first-order chi connectivity index (χ1) is 14.9. The van der Waals surface area contributed by atoms with Gasteiger partial charge in [0, 0.05) is 18.0 Å². The van der Waals surface area contributed by atoms with E-state index in [-0.39, 0.29) is 29.4 Å². The number of furan rings is 1. The van der Waals surface area contributed by atoms with Gasteiger partial charge in [-0.15, -0.1) is 0 Å². The number of pyridine rings is 1. The molecule has 31 heavy (non-hydrogen) atoms. The number of benzene rings is 1. The van der Waals surface area contributed by atoms with E-state index in [1.807, 2.05) is 0 Å². The third-order valence-electron chi connectivity index (χ3n) is 4.99. The van der Waals surface area contributed by atoms with Crippen molar-refractivity contribution in [3.05, 3.63) is 82.0 Å². The summed E-state index contributed by atoms with van der Waals surface area (Å²) in [5.41, 5.74) is 0.728. The highest BCUT2D eigenvalue weighted by molar-refractivity contribution is 9.10. The lowest BCUT2D eigenvalue weighted by molar-refractivity contribution is -0.140. The van der Waals surface area contributed by atoms with Crippen molar-refractivity contribution in [2.45, 2.75) is 12.6 Å². The number of aliphatic hydroxyl groups excluding tert-OH is 1. The zero-order valence-electron chi connectivity index (χ0n) is 16.3. The molecule has 1 amide bonds. The summed E-state index contributed by atoms with van der Waals surface area (Å²) in [4.78, 5) is 31.2. The molecule has 3 aromatic rings. The highest BCUT2D eigenvalue weighted by atomic mass is 79.9. The van der Waals surface area contributed by atoms with Gasteiger partial charge in [0.25, 0.3) is 11.7 Å². The number of rotatable bonds is 5. The number of carbonyl (C=O) groups excluding carboxylic acids is 2. The van der Waals surface area contributed by atoms with Crippen LogP contribution >= 0.6 is 15.9 Å². The van der Waals surface area contributed by atoms with Crippen LogP contribution in [0, 0.1) is 0 Å². The molecule has 2 aromatic heterocycles. The van der Waals surface area contributed by atoms with Gasteiger partial charge >= 0.3 is 0 Å². The van der Waals surface area contributed by atoms with E-state index in [1.54, 1.807) is 30.3 Å². The quantitative estimate of drug-likeness (QED) is 0.321. The average Bonchev–Trinajstić information content (AvgIpc) is 3.38. The molecule has 1 fully saturated rings. The van der Waals surface area contributed by atoms with Crippen LogP contribution in [-0.2, 0) is 16.1 Å². The third kappa shape index (κ3) is 3.68. The Morgan fingerprint density at radius 3 is 2.65 bits per heavy atom. The summed E-state index contributed by atoms with van der Waals surface area (Å²) in [5.74, 6) is -1.43. The summed E-state index contributed by atoms with van der Waals surface area (Å²) in [6.45, 7) is 0.0101. The second-order valence-electron chi connectivity index (χ2n) is 6.80. The van der Waals surface area contributed by atoms with Gasteiger partial charge in [-0.3, -0.25) is 14.6 Å². The number of hydrogen-bond donors (Lipinski definition) is 2. The molecule has 0 spiro atoms. The summed E-state index contributed by atoms with van der Waals surface area (Å²) in [7, 11) is 1.39. The predicted molar refractivity (Wildman–Crippen MR) is 113 cm³/mol. The minimum absolute atomic E-state index is 0.0101. The Morgan fingerprint density at radius 2 is 2.00 bits per heavy atom. The van der Waals surface area contributed by atoms with Crippen molar-refractivity contribution < 1.29 is 29.0 Å². The Labute approximate surface area is 185 Å². The largest absolute Gasteiger partial charge is 0.507 e. The van der Waals surface area contributed by atoms with E-state index < -0.39 is 17.7 Å². The first-order valence-corrected chi connectivity index (χ1v) is 9.99. The van der Waals surface area contributed by atoms with E-state index >= 15 is 0 Å². The molecule has 0 aliphatic carbocycles. The first kappa shape index (κ1) is 20.7. The van der Waals surface area contributed by atoms with Crippen molar-refractivity contribution in [3.8, 4) is 11.5 Å². The van der Waals surface area contributed by atoms with Gasteiger partial charge in [0.05, 0.1) is 36.0 Å². The van der Waals surface area contributed by atoms with Crippen molar-refractivity contribution in [1.29, 1.82) is 0 Å². The van der Waals surface area contributed by atoms with E-state index in [4.69, 9.17) is 9.15 Å². The maximum Gasteiger partial charge on any atom is 0.296 e. The van der Waals surface area contributed by atoms with Gasteiger partial charge in [0.15, 0.2) is 11.5 Å². The van der Waals surface area contributed by atoms with Crippen molar-refractivity contribution >= 4 is 33.4 Å². The number of aliphatic hydroxyl groups is 1. The maximum absolute atomic E-state index is 13.0. The minimum Gasteiger partial charge on any atom is -0.507 e. The number of phenolic OH excluding ortho intramolecular Hbond substituents is 1. The monoisotopic (exact) mass is 484 g/mol. The molecule has 0 radical (unpaired) electrons. The van der Waals surface area contributed by atoms with Gasteiger partial charge in [-0.1, -0.05) is 0 Å². The number of hydrogen-bond acceptors (Lipinski definition) is 7. The topological polar surface area (TPSA) is 113 Å². The van der Waals surface area contributed by atoms with Crippen LogP contribution in [0.4, 0.5) is 0 Å². The molecule has 9 heteroatoms. The van der Waals surface area contributed by atoms with Crippen LogP contribution in [0.1, 0.15) is 22.9 Å². The lowest BCUT2D eigenvalue weighted by Gasteiger charge is -2.25. The predicted octanol–water partition coefficient (Wildman–Crippen LogP) is 3.77. The Bertz CT molecular complexity index is 1170. The SMILES string of the molecule is COc1cc(C2C(=C(O)c3ccncc3)C(=O)C(=O)N2Cc2ccco2)cc(Br)c1O. The second kappa shape index (κ2) is 8.27. The third-order valence-corrected chi connectivity index (χ3v) is 5.59. The molecule has 158 valence electrons. The van der Waals surface area contributed by atoms with Crippen molar-refractivity contribution in [2.75, 3.05) is 7.11 Å². The molecule has 0 bridgehead atoms. The van der Waals surface area contributed by atoms with E-state index in [2.05, 4.69) is 20.9 Å². The average molecular weight is 485 g/mol. The molecule has 4 rings (SSSR count). The number of aromatic nitrogens is 1. The van der Waals surface area contributed by atoms with Crippen LogP contribution < -0.4 is 4.74 Å². The Balaban J connectivity index is 1.92. The zero-order valence-corrected chi connectivity index (χ0v) is 17.9. The van der Waals surface area contributed by atoms with E-state index in [9.17, 15) is 19.8 Å². The summed E-state index contributed by atoms with van der Waals surface area (Å²) < 4.78 is 10.9. The zero-order chi connectivity index (χ0) is 22.1. The van der Waals surface area contributed by atoms with Crippen LogP contribution in [0.15, 0.2) is 69.5 Å². The highest BCUT2D eigenvalue weighted by Crippen LogP contribution is 2.44. The normalized spacial score (nSPS) is 17.9. The van der Waals surface area contributed by atoms with Gasteiger partial charge in [-0.2, -0.15) is 0 Å². The van der Waals surface area contributed by atoms with Crippen LogP contribution in [0.25, 0.3) is 5.76 Å². The Morgan fingerprint density at radius 1 is 1.26 bits per heavy atom. The summed E-state index contributed by atoms with van der Waals surface area (Å²) in [6.07, 6.45) is 4.42. The van der Waals surface area contributed by atoms with E-state index in [0.717, 1.165) is 0 Å². The number of ketones is 1. The van der Waals surface area contributed by atoms with Gasteiger partial charge in [-0.25, -0.2) is 0 Å². The molecule has 1 aliphatic heterocycles. The lowest BCUT2D eigenvalue weighted by Crippen LogP contribution is -2.29. The number of likely N-dealkylation sites (tertiary alicyclic amines) is 1. The van der Waals surface area contributed by atoms with Gasteiger partial charge in [-0.05, 0) is 57.9 Å². The van der Waals surface area contributed by atoms with Crippen LogP contribution in [0.3, 0.4) is 0 Å². The molecule has 1 atom stereocenters. The Kier molecular flexibility index (Phi) is 5.51. The number of methoxy groups -OCH3 is 1. The van der Waals surface area contributed by atoms with Gasteiger partial charge < -0.3 is 24.3 Å². The lowest BCUT2D eigenvalue weighted by atomic mass is 9.95. The van der Waals surface area contributed by atoms with E-state index in [0.29, 0.717) is 21.4 Å². The van der Waals surface area contributed by atoms with Crippen LogP contribution in [0.2, 0.25) is 0 Å². The number of carbonyl (C=O) groups is 2. The smallest absolute Gasteiger partial charge is 0.296 e. The molecule has 1 unspecified atom stereocenters. The first-order valence-electron chi connectivity index (χ1n) is 9.20. The fourth-order valence-electron chi connectivity index (χ4n) is 3.53. The highest BCUT2D eigenvalue weighted by Gasteiger charge is 2.46. The number of nitrogens with zero attached hydrogens (tertiary/aromatic N) is 2. The number of amides is 1. The standard InChI is InChI=1S/C22H17BrN2O6/c1-30-16-10-13(9-15(23)20(16)27)18-17(19(26)12-4-6-24-7-5-12)21(28)22(29)25(18)11-14-3-2-8-31-14/h2-10,18,26-27H,11H2,1H3. The molecule has 8 nitrogen and oxygen atoms in total. The van der Waals surface area contributed by atoms with E-state index in [1.165, 1.54) is 36.7 Å². The summed E-state index contributed by atoms with van der Waals surface area (Å²) in [5, 5.41) is 21.2. The molecule has 3 heterocycles. The van der Waals surface area contributed by atoms with Crippen LogP contribution in [0.5, 0.6) is 11.5 Å². The van der Waals surface area contributed by atoms with Crippen molar-refractivity contribution in [3.63, 3.8) is 0 Å². The maximum atomic E-state index is 13.0. The number of Topliss-reactive ketones (excluding diaryl/α,β-unsaturated/α-hetero) is 1. The molecule has 1 aliphatic rings. The second-order valence-corrected chi connectivity index (χ2v) is 7.65. The van der Waals surface area contributed by atoms with Gasteiger partial charge in [0.2, 0.25) is 0 Å². The van der Waals surface area contributed by atoms with Crippen LogP contribution in [-0.4, -0.2) is 38.9 Å². The van der Waals surface area contributed by atoms with Crippen molar-refractivity contribution in [1.82, 2.24) is 9.88 Å². The minimum atomic E-state index is -0.941. The number of halogens is 1. The number of ether oxygens (including phenoxy) is 1. The molecule has 2 N–H and O–H groups in total. The molecule has 1 saturated heterocycles. The molecular formula is C22H17BrN2O6. The molecule has 1 aromatic carbocycles. The summed E-state index contributed by atoms with van der Waals surface area (Å²) >= 11 is 3.27. The van der Waals surface area contributed by atoms with Crippen molar-refractivity contribution in [2.24, 2.45) is 0 Å². The number of phenols is 1. The fraction of sp³-hybridized carbons (Fsp3) is 0.136. The molecule has 0 saturated carbocycles. The fourth-order valence-corrected chi connectivity index (χ4v) is 3.99. The Hall–Kier alpha value is -3.59. The summed E-state index contributed by atoms with van der Waals surface area (Å²) in [6, 6.07) is 8.60. The molecular weight excluding hydrogens is 468 g/mol. The number of aromatic hydroxyl groups is 1. The van der Waals surface area contributed by atoms with Gasteiger partial charge in [0.1, 0.15) is 11.5 Å².